The van der Waals surface area contributed by atoms with Gasteiger partial charge in [-0.15, -0.1) is 0 Å². The molecule has 0 rings (SSSR count). The summed E-state index contributed by atoms with van der Waals surface area (Å²) in [5.41, 5.74) is 0. The van der Waals surface area contributed by atoms with Gasteiger partial charge in [0, 0.05) is 25.7 Å². The number of esters is 4. The molecule has 0 saturated carbocycles. The normalized spacial score (nSPS) is 13.9. The van der Waals surface area contributed by atoms with E-state index in [1.807, 2.05) is 0 Å². The number of phosphoric acid groups is 2. The van der Waals surface area contributed by atoms with Crippen molar-refractivity contribution in [3.05, 3.63) is 0 Å². The first-order valence-corrected chi connectivity index (χ1v) is 45.0. The fraction of sp³-hybridized carbons (Fsp3) is 0.951. The molecule has 17 nitrogen and oxygen atoms in total. The van der Waals surface area contributed by atoms with Gasteiger partial charge in [0.2, 0.25) is 0 Å². The first kappa shape index (κ1) is 98.1. The van der Waals surface area contributed by atoms with Crippen molar-refractivity contribution in [2.75, 3.05) is 39.6 Å². The van der Waals surface area contributed by atoms with Crippen LogP contribution in [-0.4, -0.2) is 96.7 Å². The van der Waals surface area contributed by atoms with E-state index >= 15 is 0 Å². The van der Waals surface area contributed by atoms with Crippen molar-refractivity contribution >= 4 is 39.5 Å². The monoisotopic (exact) mass is 1470 g/mol. The minimum atomic E-state index is -4.96. The Morgan fingerprint density at radius 1 is 0.270 bits per heavy atom. The van der Waals surface area contributed by atoms with Crippen LogP contribution in [0, 0.1) is 11.8 Å². The van der Waals surface area contributed by atoms with E-state index in [0.29, 0.717) is 25.7 Å². The molecule has 0 aromatic heterocycles. The Morgan fingerprint density at radius 3 is 0.680 bits per heavy atom. The maximum Gasteiger partial charge on any atom is 0.472 e. The third-order valence-electron chi connectivity index (χ3n) is 19.0. The minimum Gasteiger partial charge on any atom is -0.462 e. The number of ether oxygens (including phenoxy) is 4. The Kier molecular flexibility index (Phi) is 71.2. The molecule has 0 aromatic rings. The van der Waals surface area contributed by atoms with Crippen LogP contribution < -0.4 is 0 Å². The van der Waals surface area contributed by atoms with Gasteiger partial charge in [-0.1, -0.05) is 375 Å². The third-order valence-corrected chi connectivity index (χ3v) is 20.9. The molecule has 0 aliphatic carbocycles. The predicted octanol–water partition coefficient (Wildman–Crippen LogP) is 24.3. The van der Waals surface area contributed by atoms with Gasteiger partial charge in [-0.25, -0.2) is 9.13 Å². The van der Waals surface area contributed by atoms with E-state index in [2.05, 4.69) is 41.5 Å². The van der Waals surface area contributed by atoms with Gasteiger partial charge in [-0.2, -0.15) is 0 Å². The molecule has 0 saturated heterocycles. The van der Waals surface area contributed by atoms with Crippen molar-refractivity contribution in [3.8, 4) is 0 Å². The van der Waals surface area contributed by atoms with Gasteiger partial charge >= 0.3 is 39.5 Å². The van der Waals surface area contributed by atoms with Crippen LogP contribution in [-0.2, 0) is 65.4 Å². The SMILES string of the molecule is CCCCCCCCCCCCCCCCCCCCC(=O)OC[C@H](COP(=O)(O)OC[C@@H](O)COP(=O)(O)OC[C@@H](COC(=O)CCCCCCCCC)OC(=O)CCCCCCCCCCCCCC(C)C)OC(=O)CCCCCCCCCCCCCCCCCCCCC(C)C. The van der Waals surface area contributed by atoms with E-state index in [1.165, 1.54) is 231 Å². The van der Waals surface area contributed by atoms with Crippen LogP contribution in [0.15, 0.2) is 0 Å². The van der Waals surface area contributed by atoms with Gasteiger partial charge in [0.1, 0.15) is 19.3 Å². The van der Waals surface area contributed by atoms with Crippen LogP contribution in [0.4, 0.5) is 0 Å². The summed E-state index contributed by atoms with van der Waals surface area (Å²) in [5.74, 6) is -0.528. The van der Waals surface area contributed by atoms with Gasteiger partial charge in [-0.05, 0) is 37.5 Å². The number of hydrogen-bond acceptors (Lipinski definition) is 15. The van der Waals surface area contributed by atoms with E-state index in [0.717, 1.165) is 115 Å². The molecule has 0 aliphatic rings. The summed E-state index contributed by atoms with van der Waals surface area (Å²) in [6.45, 7) is 9.63. The number of phosphoric ester groups is 2. The predicted molar refractivity (Wildman–Crippen MR) is 409 cm³/mol. The molecule has 2 unspecified atom stereocenters. The maximum atomic E-state index is 13.1. The van der Waals surface area contributed by atoms with Crippen LogP contribution in [0.5, 0.6) is 0 Å². The zero-order valence-electron chi connectivity index (χ0n) is 65.5. The topological polar surface area (TPSA) is 237 Å². The molecule has 0 aromatic carbocycles. The largest absolute Gasteiger partial charge is 0.472 e. The Labute approximate surface area is 613 Å². The summed E-state index contributed by atoms with van der Waals surface area (Å²) < 4.78 is 68.6. The molecule has 0 bridgehead atoms. The molecular formula is C81H158O17P2. The molecule has 594 valence electrons. The Morgan fingerprint density at radius 2 is 0.460 bits per heavy atom. The van der Waals surface area contributed by atoms with Crippen molar-refractivity contribution in [3.63, 3.8) is 0 Å². The van der Waals surface area contributed by atoms with Gasteiger partial charge in [-0.3, -0.25) is 37.3 Å². The third kappa shape index (κ3) is 74.3. The zero-order valence-corrected chi connectivity index (χ0v) is 67.3. The summed E-state index contributed by atoms with van der Waals surface area (Å²) in [5, 5.41) is 10.6. The number of aliphatic hydroxyl groups excluding tert-OH is 1. The highest BCUT2D eigenvalue weighted by molar-refractivity contribution is 7.47. The fourth-order valence-electron chi connectivity index (χ4n) is 12.5. The Hall–Kier alpha value is -1.94. The maximum absolute atomic E-state index is 13.1. The summed E-state index contributed by atoms with van der Waals surface area (Å²) in [6, 6.07) is 0. The fourth-order valence-corrected chi connectivity index (χ4v) is 14.1. The number of carbonyl (C=O) groups is 4. The summed E-state index contributed by atoms with van der Waals surface area (Å²) in [7, 11) is -9.91. The first-order valence-electron chi connectivity index (χ1n) is 42.0. The highest BCUT2D eigenvalue weighted by Crippen LogP contribution is 2.45. The van der Waals surface area contributed by atoms with E-state index in [1.54, 1.807) is 0 Å². The number of rotatable bonds is 80. The lowest BCUT2D eigenvalue weighted by molar-refractivity contribution is -0.161. The van der Waals surface area contributed by atoms with Crippen molar-refractivity contribution in [1.82, 2.24) is 0 Å². The highest BCUT2D eigenvalue weighted by Gasteiger charge is 2.30. The molecule has 3 N–H and O–H groups in total. The van der Waals surface area contributed by atoms with Crippen LogP contribution in [0.25, 0.3) is 0 Å². The van der Waals surface area contributed by atoms with Crippen molar-refractivity contribution in [1.29, 1.82) is 0 Å². The molecule has 0 fully saturated rings. The van der Waals surface area contributed by atoms with Gasteiger partial charge in [0.25, 0.3) is 0 Å². The lowest BCUT2D eigenvalue weighted by atomic mass is 10.0. The molecular weight excluding hydrogens is 1310 g/mol. The van der Waals surface area contributed by atoms with Crippen LogP contribution in [0.1, 0.15) is 427 Å². The van der Waals surface area contributed by atoms with Crippen molar-refractivity contribution in [2.45, 2.75) is 445 Å². The lowest BCUT2D eigenvalue weighted by Crippen LogP contribution is -2.30. The molecule has 0 radical (unpaired) electrons. The quantitative estimate of drug-likeness (QED) is 0.0222. The molecule has 100 heavy (non-hydrogen) atoms. The lowest BCUT2D eigenvalue weighted by Gasteiger charge is -2.21. The molecule has 19 heteroatoms. The second kappa shape index (κ2) is 72.6. The summed E-state index contributed by atoms with van der Waals surface area (Å²) in [6.07, 6.45) is 62.7. The molecule has 0 aliphatic heterocycles. The van der Waals surface area contributed by atoms with E-state index in [9.17, 15) is 43.2 Å². The second-order valence-corrected chi connectivity index (χ2v) is 33.0. The van der Waals surface area contributed by atoms with Gasteiger partial charge < -0.3 is 33.8 Å². The average molecular weight is 1470 g/mol. The summed E-state index contributed by atoms with van der Waals surface area (Å²) >= 11 is 0. The average Bonchev–Trinajstić information content (AvgIpc) is 1.09. The second-order valence-electron chi connectivity index (χ2n) is 30.1. The molecule has 0 spiro atoms. The van der Waals surface area contributed by atoms with Crippen LogP contribution >= 0.6 is 15.6 Å². The Balaban J connectivity index is 5.17. The molecule has 0 heterocycles. The number of unbranched alkanes of at least 4 members (excludes halogenated alkanes) is 50. The smallest absolute Gasteiger partial charge is 0.462 e. The first-order chi connectivity index (χ1) is 48.4. The standard InChI is InChI=1S/C81H158O17P2/c1-7-9-11-13-15-16-17-18-19-20-24-27-30-35-40-46-52-58-64-79(84)92-70-77(98-80(85)65-59-53-47-41-36-31-28-25-22-21-23-26-29-33-38-44-49-55-61-73(3)4)72-96-100(89,90)94-68-75(82)67-93-99(87,88)95-71-76(69-91-78(83)63-57-51-43-14-12-10-8-2)97-81(86)66-60-54-48-42-37-32-34-39-45-50-56-62-74(5)6/h73-77,82H,7-72H2,1-6H3,(H,87,88)(H,89,90)/t75-,76+,77+/m0/s1. The molecule has 0 amide bonds. The van der Waals surface area contributed by atoms with Crippen LogP contribution in [0.3, 0.4) is 0 Å². The summed E-state index contributed by atoms with van der Waals surface area (Å²) in [4.78, 5) is 72.9. The zero-order chi connectivity index (χ0) is 73.5. The van der Waals surface area contributed by atoms with E-state index in [4.69, 9.17) is 37.0 Å². The van der Waals surface area contributed by atoms with Gasteiger partial charge in [0.15, 0.2) is 12.2 Å². The van der Waals surface area contributed by atoms with Crippen molar-refractivity contribution in [2.24, 2.45) is 11.8 Å². The van der Waals surface area contributed by atoms with Crippen LogP contribution in [0.2, 0.25) is 0 Å². The van der Waals surface area contributed by atoms with Gasteiger partial charge in [0.05, 0.1) is 26.4 Å². The number of carbonyl (C=O) groups excluding carboxylic acids is 4. The van der Waals surface area contributed by atoms with E-state index in [-0.39, 0.29) is 25.7 Å². The van der Waals surface area contributed by atoms with E-state index < -0.39 is 97.5 Å². The van der Waals surface area contributed by atoms with Crippen molar-refractivity contribution < 1.29 is 80.2 Å². The number of aliphatic hydroxyl groups is 1. The highest BCUT2D eigenvalue weighted by atomic mass is 31.2. The Bertz CT molecular complexity index is 1920. The minimum absolute atomic E-state index is 0.106. The molecule has 5 atom stereocenters. The number of hydrogen-bond donors (Lipinski definition) is 3.